The molecule has 0 aliphatic heterocycles. The molecule has 0 unspecified atom stereocenters. The number of halogens is 3. The van der Waals surface area contributed by atoms with Gasteiger partial charge in [0.05, 0.1) is 22.2 Å². The first-order chi connectivity index (χ1) is 9.85. The van der Waals surface area contributed by atoms with Crippen molar-refractivity contribution in [2.75, 3.05) is 4.72 Å². The summed E-state index contributed by atoms with van der Waals surface area (Å²) in [6, 6.07) is 7.81. The van der Waals surface area contributed by atoms with E-state index in [4.69, 9.17) is 28.3 Å². The summed E-state index contributed by atoms with van der Waals surface area (Å²) in [5.41, 5.74) is 0.134. The molecule has 0 saturated heterocycles. The molecule has 0 heterocycles. The predicted octanol–water partition coefficient (Wildman–Crippen LogP) is 3.43. The van der Waals surface area contributed by atoms with Crippen LogP contribution in [0, 0.1) is 5.82 Å². The van der Waals surface area contributed by atoms with Crippen molar-refractivity contribution in [2.24, 2.45) is 0 Å². The summed E-state index contributed by atoms with van der Waals surface area (Å²) >= 11 is 11.4. The van der Waals surface area contributed by atoms with Crippen LogP contribution in [0.5, 0.6) is 0 Å². The molecule has 0 fully saturated rings. The van der Waals surface area contributed by atoms with Crippen LogP contribution < -0.4 is 4.72 Å². The van der Waals surface area contributed by atoms with E-state index in [1.165, 1.54) is 36.4 Å². The van der Waals surface area contributed by atoms with Gasteiger partial charge >= 0.3 is 0 Å². The highest BCUT2D eigenvalue weighted by atomic mass is 35.5. The lowest BCUT2D eigenvalue weighted by atomic mass is 10.2. The third-order valence-electron chi connectivity index (χ3n) is 2.70. The van der Waals surface area contributed by atoms with Crippen LogP contribution in [0.15, 0.2) is 41.3 Å². The average Bonchev–Trinajstić information content (AvgIpc) is 2.43. The molecule has 0 amide bonds. The Morgan fingerprint density at radius 2 is 1.86 bits per heavy atom. The molecular formula is C13H10Cl2FNO3S. The van der Waals surface area contributed by atoms with Gasteiger partial charge in [0, 0.05) is 5.02 Å². The van der Waals surface area contributed by atoms with Crippen LogP contribution in [0.3, 0.4) is 0 Å². The minimum Gasteiger partial charge on any atom is -0.392 e. The Labute approximate surface area is 131 Å². The molecule has 0 saturated carbocycles. The zero-order chi connectivity index (χ0) is 15.6. The van der Waals surface area contributed by atoms with Crippen LogP contribution >= 0.6 is 23.2 Å². The molecule has 2 rings (SSSR count). The van der Waals surface area contributed by atoms with E-state index in [2.05, 4.69) is 4.72 Å². The maximum atomic E-state index is 13.7. The van der Waals surface area contributed by atoms with Gasteiger partial charge < -0.3 is 5.11 Å². The minimum atomic E-state index is -4.01. The van der Waals surface area contributed by atoms with Crippen LogP contribution in [0.25, 0.3) is 0 Å². The van der Waals surface area contributed by atoms with Gasteiger partial charge in [-0.15, -0.1) is 0 Å². The third kappa shape index (κ3) is 3.47. The van der Waals surface area contributed by atoms with Gasteiger partial charge in [-0.3, -0.25) is 4.72 Å². The molecule has 0 atom stereocenters. The number of aliphatic hydroxyl groups excluding tert-OH is 1. The number of sulfonamides is 1. The Bertz CT molecular complexity index is 781. The third-order valence-corrected chi connectivity index (χ3v) is 4.71. The van der Waals surface area contributed by atoms with E-state index < -0.39 is 15.8 Å². The average molecular weight is 350 g/mol. The number of rotatable bonds is 4. The summed E-state index contributed by atoms with van der Waals surface area (Å²) in [4.78, 5) is -0.149. The standard InChI is InChI=1S/C13H10Cl2FNO3S/c14-10-2-1-3-12(13(10)16)17-21(19,20)9-5-4-8(7-18)11(15)6-9/h1-6,17-18H,7H2. The molecule has 0 aliphatic carbocycles. The van der Waals surface area contributed by atoms with Gasteiger partial charge in [-0.1, -0.05) is 35.3 Å². The SMILES string of the molecule is O=S(=O)(Nc1cccc(Cl)c1F)c1ccc(CO)c(Cl)c1. The second-order valence-electron chi connectivity index (χ2n) is 4.12. The van der Waals surface area contributed by atoms with E-state index in [-0.39, 0.29) is 27.2 Å². The predicted molar refractivity (Wildman–Crippen MR) is 79.6 cm³/mol. The van der Waals surface area contributed by atoms with Crippen molar-refractivity contribution in [1.82, 2.24) is 0 Å². The van der Waals surface area contributed by atoms with Crippen LogP contribution in [-0.4, -0.2) is 13.5 Å². The van der Waals surface area contributed by atoms with Crippen LogP contribution in [0.1, 0.15) is 5.56 Å². The van der Waals surface area contributed by atoms with E-state index in [1.807, 2.05) is 0 Å². The highest BCUT2D eigenvalue weighted by molar-refractivity contribution is 7.92. The fourth-order valence-corrected chi connectivity index (χ4v) is 3.17. The van der Waals surface area contributed by atoms with E-state index in [0.717, 1.165) is 0 Å². The molecule has 2 N–H and O–H groups in total. The molecule has 4 nitrogen and oxygen atoms in total. The number of aliphatic hydroxyl groups is 1. The van der Waals surface area contributed by atoms with Crippen LogP contribution in [0.4, 0.5) is 10.1 Å². The Balaban J connectivity index is 2.39. The molecule has 2 aromatic carbocycles. The second-order valence-corrected chi connectivity index (χ2v) is 6.62. The van der Waals surface area contributed by atoms with Crippen molar-refractivity contribution in [3.8, 4) is 0 Å². The molecule has 0 radical (unpaired) electrons. The van der Waals surface area contributed by atoms with E-state index in [9.17, 15) is 12.8 Å². The lowest BCUT2D eigenvalue weighted by molar-refractivity contribution is 0.282. The Kier molecular flexibility index (Phi) is 4.73. The molecule has 0 bridgehead atoms. The van der Waals surface area contributed by atoms with Crippen molar-refractivity contribution in [3.05, 3.63) is 57.8 Å². The molecule has 0 aromatic heterocycles. The molecule has 2 aromatic rings. The van der Waals surface area contributed by atoms with E-state index >= 15 is 0 Å². The van der Waals surface area contributed by atoms with Gasteiger partial charge in [0.15, 0.2) is 5.82 Å². The summed E-state index contributed by atoms with van der Waals surface area (Å²) < 4.78 is 40.2. The quantitative estimate of drug-likeness (QED) is 0.888. The number of hydrogen-bond donors (Lipinski definition) is 2. The van der Waals surface area contributed by atoms with Gasteiger partial charge in [0.25, 0.3) is 10.0 Å². The van der Waals surface area contributed by atoms with Gasteiger partial charge in [-0.05, 0) is 29.8 Å². The monoisotopic (exact) mass is 349 g/mol. The summed E-state index contributed by atoms with van der Waals surface area (Å²) in [5.74, 6) is -0.860. The largest absolute Gasteiger partial charge is 0.392 e. The summed E-state index contributed by atoms with van der Waals surface area (Å²) in [6.07, 6.45) is 0. The summed E-state index contributed by atoms with van der Waals surface area (Å²) in [7, 11) is -4.01. The first-order valence-electron chi connectivity index (χ1n) is 5.71. The highest BCUT2D eigenvalue weighted by Gasteiger charge is 2.18. The Hall–Kier alpha value is -1.34. The molecule has 8 heteroatoms. The van der Waals surface area contributed by atoms with Crippen molar-refractivity contribution < 1.29 is 17.9 Å². The zero-order valence-corrected chi connectivity index (χ0v) is 12.8. The maximum Gasteiger partial charge on any atom is 0.262 e. The van der Waals surface area contributed by atoms with Crippen molar-refractivity contribution >= 4 is 38.9 Å². The van der Waals surface area contributed by atoms with Gasteiger partial charge in [-0.25, -0.2) is 12.8 Å². The first kappa shape index (κ1) is 16.0. The molecule has 0 aliphatic rings. The smallest absolute Gasteiger partial charge is 0.262 e. The van der Waals surface area contributed by atoms with Crippen LogP contribution in [0.2, 0.25) is 10.0 Å². The number of hydrogen-bond acceptors (Lipinski definition) is 3. The minimum absolute atomic E-state index is 0.104. The summed E-state index contributed by atoms with van der Waals surface area (Å²) in [6.45, 7) is -0.310. The van der Waals surface area contributed by atoms with Crippen LogP contribution in [-0.2, 0) is 16.6 Å². The number of benzene rings is 2. The normalized spacial score (nSPS) is 11.4. The lowest BCUT2D eigenvalue weighted by Crippen LogP contribution is -2.14. The fourth-order valence-electron chi connectivity index (χ4n) is 1.61. The fraction of sp³-hybridized carbons (Fsp3) is 0.0769. The molecule has 0 spiro atoms. The topological polar surface area (TPSA) is 66.4 Å². The molecular weight excluding hydrogens is 340 g/mol. The Morgan fingerprint density at radius 1 is 1.14 bits per heavy atom. The zero-order valence-electron chi connectivity index (χ0n) is 10.5. The van der Waals surface area contributed by atoms with Crippen molar-refractivity contribution in [1.29, 1.82) is 0 Å². The number of nitrogens with one attached hydrogen (secondary N) is 1. The molecule has 112 valence electrons. The van der Waals surface area contributed by atoms with Gasteiger partial charge in [-0.2, -0.15) is 0 Å². The summed E-state index contributed by atoms with van der Waals surface area (Å²) in [5, 5.41) is 8.91. The molecule has 21 heavy (non-hydrogen) atoms. The lowest BCUT2D eigenvalue weighted by Gasteiger charge is -2.10. The Morgan fingerprint density at radius 3 is 2.48 bits per heavy atom. The maximum absolute atomic E-state index is 13.7. The van der Waals surface area contributed by atoms with E-state index in [1.54, 1.807) is 0 Å². The number of anilines is 1. The van der Waals surface area contributed by atoms with Gasteiger partial charge in [0.2, 0.25) is 0 Å². The van der Waals surface area contributed by atoms with Gasteiger partial charge in [0.1, 0.15) is 0 Å². The first-order valence-corrected chi connectivity index (χ1v) is 7.95. The van der Waals surface area contributed by atoms with Crippen molar-refractivity contribution in [3.63, 3.8) is 0 Å². The van der Waals surface area contributed by atoms with Crippen molar-refractivity contribution in [2.45, 2.75) is 11.5 Å². The van der Waals surface area contributed by atoms with E-state index in [0.29, 0.717) is 5.56 Å². The second kappa shape index (κ2) is 6.19. The highest BCUT2D eigenvalue weighted by Crippen LogP contribution is 2.26.